The molecule has 0 saturated carbocycles. The fourth-order valence-corrected chi connectivity index (χ4v) is 6.03. The number of hydrogen-bond acceptors (Lipinski definition) is 5. The monoisotopic (exact) mass is 587 g/mol. The van der Waals surface area contributed by atoms with E-state index in [2.05, 4.69) is 5.10 Å². The van der Waals surface area contributed by atoms with Gasteiger partial charge in [0, 0.05) is 32.2 Å². The molecule has 2 aromatic carbocycles. The quantitative estimate of drug-likeness (QED) is 0.468. The predicted octanol–water partition coefficient (Wildman–Crippen LogP) is 3.45. The van der Waals surface area contributed by atoms with Gasteiger partial charge in [-0.15, -0.1) is 0 Å². The molecule has 1 atom stereocenters. The van der Waals surface area contributed by atoms with Crippen LogP contribution in [-0.2, 0) is 35.5 Å². The predicted molar refractivity (Wildman–Crippen MR) is 142 cm³/mol. The van der Waals surface area contributed by atoms with Gasteiger partial charge in [0.2, 0.25) is 0 Å². The largest absolute Gasteiger partial charge is 0.489 e. The van der Waals surface area contributed by atoms with Gasteiger partial charge in [-0.25, -0.2) is 4.68 Å². The third-order valence-electron chi connectivity index (χ3n) is 7.81. The zero-order chi connectivity index (χ0) is 29.1. The summed E-state index contributed by atoms with van der Waals surface area (Å²) in [6.07, 6.45) is -4.43. The minimum absolute atomic E-state index is 0.104. The molecule has 41 heavy (non-hydrogen) atoms. The lowest BCUT2D eigenvalue weighted by molar-refractivity contribution is -0.186. The van der Waals surface area contributed by atoms with Crippen molar-refractivity contribution in [2.45, 2.75) is 38.1 Å². The lowest BCUT2D eigenvalue weighted by atomic mass is 9.96. The zero-order valence-electron chi connectivity index (χ0n) is 21.9. The third-order valence-corrected chi connectivity index (χ3v) is 8.24. The van der Waals surface area contributed by atoms with Gasteiger partial charge >= 0.3 is 12.1 Å². The number of halogens is 4. The van der Waals surface area contributed by atoms with Crippen molar-refractivity contribution in [1.82, 2.24) is 19.6 Å². The Morgan fingerprint density at radius 1 is 1.07 bits per heavy atom. The molecule has 214 valence electrons. The molecule has 0 aliphatic carbocycles. The Bertz CT molecular complexity index is 1560. The first-order chi connectivity index (χ1) is 19.5. The molecule has 0 bridgehead atoms. The molecule has 0 unspecified atom stereocenters. The number of alkyl halides is 3. The van der Waals surface area contributed by atoms with E-state index in [9.17, 15) is 27.6 Å². The van der Waals surface area contributed by atoms with Gasteiger partial charge in [-0.3, -0.25) is 14.4 Å². The van der Waals surface area contributed by atoms with E-state index in [1.54, 1.807) is 23.9 Å². The molecule has 0 fully saturated rings. The standard InChI is InChI=1S/C28H25ClF3N5O4/c1-34-23-18-9-11-35(27(40)28(30,31)32)14-17(18)7-8-21(23)41-15-20(25(34)38)36-12-10-19-22(26(36)39)33-37(24(19)29)13-16-5-3-2-4-6-16/h2-8,20H,9-15H2,1H3/t20-/m0/s1. The summed E-state index contributed by atoms with van der Waals surface area (Å²) in [5.74, 6) is -2.33. The van der Waals surface area contributed by atoms with Crippen LogP contribution < -0.4 is 9.64 Å². The molecule has 0 N–H and O–H groups in total. The number of amides is 3. The van der Waals surface area contributed by atoms with E-state index in [4.69, 9.17) is 16.3 Å². The highest BCUT2D eigenvalue weighted by atomic mass is 35.5. The van der Waals surface area contributed by atoms with Gasteiger partial charge in [-0.1, -0.05) is 48.0 Å². The van der Waals surface area contributed by atoms with Crippen LogP contribution in [0.1, 0.15) is 32.7 Å². The highest BCUT2D eigenvalue weighted by Gasteiger charge is 2.45. The summed E-state index contributed by atoms with van der Waals surface area (Å²) in [6.45, 7) is 0.145. The Balaban J connectivity index is 1.24. The highest BCUT2D eigenvalue weighted by Crippen LogP contribution is 2.40. The highest BCUT2D eigenvalue weighted by molar-refractivity contribution is 6.31. The molecule has 4 heterocycles. The minimum atomic E-state index is -4.96. The first kappa shape index (κ1) is 27.1. The van der Waals surface area contributed by atoms with E-state index in [-0.39, 0.29) is 38.4 Å². The Labute approximate surface area is 238 Å². The van der Waals surface area contributed by atoms with Gasteiger partial charge in [0.15, 0.2) is 5.69 Å². The van der Waals surface area contributed by atoms with Crippen molar-refractivity contribution in [3.63, 3.8) is 0 Å². The Morgan fingerprint density at radius 3 is 2.54 bits per heavy atom. The molecular formula is C28H25ClF3N5O4. The van der Waals surface area contributed by atoms with Crippen LogP contribution in [0.3, 0.4) is 0 Å². The molecule has 0 radical (unpaired) electrons. The Morgan fingerprint density at radius 2 is 1.80 bits per heavy atom. The van der Waals surface area contributed by atoms with Crippen LogP contribution >= 0.6 is 11.6 Å². The van der Waals surface area contributed by atoms with Crippen molar-refractivity contribution < 1.29 is 32.3 Å². The Kier molecular flexibility index (Phi) is 6.68. The van der Waals surface area contributed by atoms with Gasteiger partial charge in [-0.05, 0) is 35.6 Å². The maximum absolute atomic E-state index is 13.8. The number of fused-ring (bicyclic) bond motifs is 4. The molecular weight excluding hydrogens is 563 g/mol. The molecule has 1 aromatic heterocycles. The van der Waals surface area contributed by atoms with Crippen LogP contribution in [0.5, 0.6) is 5.75 Å². The van der Waals surface area contributed by atoms with Crippen LogP contribution in [0.25, 0.3) is 0 Å². The summed E-state index contributed by atoms with van der Waals surface area (Å²) in [4.78, 5) is 42.8. The Hall–Kier alpha value is -4.06. The summed E-state index contributed by atoms with van der Waals surface area (Å²) >= 11 is 6.59. The van der Waals surface area contributed by atoms with Crippen LogP contribution in [0, 0.1) is 0 Å². The van der Waals surface area contributed by atoms with Crippen molar-refractivity contribution >= 4 is 35.0 Å². The fraction of sp³-hybridized carbons (Fsp3) is 0.357. The summed E-state index contributed by atoms with van der Waals surface area (Å²) in [5, 5.41) is 4.87. The number of aromatic nitrogens is 2. The number of benzene rings is 2. The fourth-order valence-electron chi connectivity index (χ4n) is 5.75. The van der Waals surface area contributed by atoms with E-state index in [1.165, 1.54) is 9.80 Å². The average Bonchev–Trinajstić information content (AvgIpc) is 3.21. The number of rotatable bonds is 3. The van der Waals surface area contributed by atoms with Gasteiger partial charge in [0.05, 0.1) is 12.2 Å². The van der Waals surface area contributed by atoms with Gasteiger partial charge < -0.3 is 19.4 Å². The van der Waals surface area contributed by atoms with Crippen LogP contribution in [0.4, 0.5) is 18.9 Å². The molecule has 13 heteroatoms. The van der Waals surface area contributed by atoms with Gasteiger partial charge in [0.25, 0.3) is 11.8 Å². The second-order valence-corrected chi connectivity index (χ2v) is 10.6. The minimum Gasteiger partial charge on any atom is -0.489 e. The van der Waals surface area contributed by atoms with Crippen molar-refractivity contribution in [3.8, 4) is 5.75 Å². The molecule has 0 spiro atoms. The number of ether oxygens (including phenoxy) is 1. The third kappa shape index (κ3) is 4.69. The average molecular weight is 588 g/mol. The summed E-state index contributed by atoms with van der Waals surface area (Å²) in [6, 6.07) is 11.8. The van der Waals surface area contributed by atoms with Crippen molar-refractivity contribution in [3.05, 3.63) is 75.6 Å². The molecule has 9 nitrogen and oxygen atoms in total. The first-order valence-electron chi connectivity index (χ1n) is 13.1. The van der Waals surface area contributed by atoms with E-state index in [0.29, 0.717) is 46.2 Å². The van der Waals surface area contributed by atoms with Crippen molar-refractivity contribution in [2.24, 2.45) is 0 Å². The molecule has 3 amide bonds. The molecule has 3 aliphatic heterocycles. The van der Waals surface area contributed by atoms with Crippen LogP contribution in [-0.4, -0.2) is 76.3 Å². The number of carbonyl (C=O) groups excluding carboxylic acids is 3. The molecule has 6 rings (SSSR count). The summed E-state index contributed by atoms with van der Waals surface area (Å²) < 4.78 is 46.6. The second kappa shape index (κ2) is 10.1. The normalized spacial score (nSPS) is 18.9. The number of anilines is 1. The van der Waals surface area contributed by atoms with E-state index in [0.717, 1.165) is 10.5 Å². The number of carbonyl (C=O) groups is 3. The van der Waals surface area contributed by atoms with Gasteiger partial charge in [-0.2, -0.15) is 18.3 Å². The van der Waals surface area contributed by atoms with Crippen molar-refractivity contribution in [2.75, 3.05) is 31.6 Å². The smallest absolute Gasteiger partial charge is 0.471 e. The van der Waals surface area contributed by atoms with Gasteiger partial charge in [0.1, 0.15) is 23.6 Å². The second-order valence-electron chi connectivity index (χ2n) is 10.3. The topological polar surface area (TPSA) is 88.0 Å². The van der Waals surface area contributed by atoms with E-state index < -0.39 is 29.9 Å². The van der Waals surface area contributed by atoms with Crippen LogP contribution in [0.2, 0.25) is 5.15 Å². The van der Waals surface area contributed by atoms with E-state index >= 15 is 0 Å². The lowest BCUT2D eigenvalue weighted by Crippen LogP contribution is -2.54. The first-order valence-corrected chi connectivity index (χ1v) is 13.4. The maximum Gasteiger partial charge on any atom is 0.471 e. The number of nitrogens with zero attached hydrogens (tertiary/aromatic N) is 5. The molecule has 3 aromatic rings. The number of hydrogen-bond donors (Lipinski definition) is 0. The van der Waals surface area contributed by atoms with Crippen molar-refractivity contribution in [1.29, 1.82) is 0 Å². The summed E-state index contributed by atoms with van der Waals surface area (Å²) in [7, 11) is 1.56. The lowest BCUT2D eigenvalue weighted by Gasteiger charge is -2.34. The van der Waals surface area contributed by atoms with Crippen LogP contribution in [0.15, 0.2) is 42.5 Å². The molecule has 3 aliphatic rings. The SMILES string of the molecule is CN1C(=O)[C@@H](N2CCc3c(nn(Cc4ccccc4)c3Cl)C2=O)COc2ccc3c(c21)CCN(C(=O)C(F)(F)F)C3. The molecule has 0 saturated heterocycles. The maximum atomic E-state index is 13.8. The van der Waals surface area contributed by atoms with E-state index in [1.807, 2.05) is 30.3 Å². The number of likely N-dealkylation sites (N-methyl/N-ethyl adjacent to an activating group) is 1. The summed E-state index contributed by atoms with van der Waals surface area (Å²) in [5.41, 5.74) is 3.39. The zero-order valence-corrected chi connectivity index (χ0v) is 22.7.